The van der Waals surface area contributed by atoms with E-state index in [0.29, 0.717) is 19.6 Å². The Morgan fingerprint density at radius 2 is 1.69 bits per heavy atom. The Labute approximate surface area is 212 Å². The minimum Gasteiger partial charge on any atom is -0.486 e. The van der Waals surface area contributed by atoms with Gasteiger partial charge in [-0.3, -0.25) is 0 Å². The summed E-state index contributed by atoms with van der Waals surface area (Å²) in [6.45, 7) is 5.89. The number of benzene rings is 2. The van der Waals surface area contributed by atoms with Crippen LogP contribution in [-0.2, 0) is 6.42 Å². The summed E-state index contributed by atoms with van der Waals surface area (Å²) < 4.78 is 13.4. The molecule has 0 unspecified atom stereocenters. The number of rotatable bonds is 8. The number of nitrogens with zero attached hydrogens (tertiary/aromatic N) is 4. The highest BCUT2D eigenvalue weighted by Gasteiger charge is 2.15. The molecule has 0 amide bonds. The van der Waals surface area contributed by atoms with Crippen LogP contribution in [0.4, 0.5) is 5.69 Å². The van der Waals surface area contributed by atoms with E-state index in [4.69, 9.17) is 19.6 Å². The number of hydrogen-bond acceptors (Lipinski definition) is 6. The van der Waals surface area contributed by atoms with Gasteiger partial charge in [0.15, 0.2) is 23.0 Å². The molecule has 186 valence electrons. The van der Waals surface area contributed by atoms with Crippen molar-refractivity contribution >= 4 is 11.3 Å². The average molecular weight is 484 g/mol. The molecule has 0 bridgehead atoms. The predicted octanol–water partition coefficient (Wildman–Crippen LogP) is 5.05. The third-order valence-corrected chi connectivity index (χ3v) is 6.99. The van der Waals surface area contributed by atoms with Crippen molar-refractivity contribution in [2.45, 2.75) is 32.1 Å². The molecule has 6 rings (SSSR count). The molecule has 2 aromatic carbocycles. The molecule has 1 N–H and O–H groups in total. The van der Waals surface area contributed by atoms with Crippen molar-refractivity contribution in [1.82, 2.24) is 19.5 Å². The van der Waals surface area contributed by atoms with Crippen molar-refractivity contribution in [3.63, 3.8) is 0 Å². The second kappa shape index (κ2) is 10.6. The summed E-state index contributed by atoms with van der Waals surface area (Å²) in [4.78, 5) is 7.38. The van der Waals surface area contributed by atoms with E-state index in [2.05, 4.69) is 40.5 Å². The van der Waals surface area contributed by atoms with Gasteiger partial charge in [0.25, 0.3) is 0 Å². The Kier molecular flexibility index (Phi) is 6.72. The number of anilines is 1. The van der Waals surface area contributed by atoms with E-state index in [1.54, 1.807) is 0 Å². The summed E-state index contributed by atoms with van der Waals surface area (Å²) in [5.74, 6) is 2.37. The highest BCUT2D eigenvalue weighted by molar-refractivity contribution is 5.66. The van der Waals surface area contributed by atoms with Crippen molar-refractivity contribution < 1.29 is 9.47 Å². The largest absolute Gasteiger partial charge is 0.486 e. The van der Waals surface area contributed by atoms with Crippen LogP contribution in [0.2, 0.25) is 0 Å². The van der Waals surface area contributed by atoms with E-state index in [1.165, 1.54) is 56.6 Å². The van der Waals surface area contributed by atoms with Gasteiger partial charge in [-0.15, -0.1) is 0 Å². The highest BCUT2D eigenvalue weighted by Crippen LogP contribution is 2.34. The number of fused-ring (bicyclic) bond motifs is 2. The van der Waals surface area contributed by atoms with Crippen LogP contribution in [0.5, 0.6) is 11.5 Å². The summed E-state index contributed by atoms with van der Waals surface area (Å²) in [5.41, 5.74) is 5.21. The van der Waals surface area contributed by atoms with Crippen molar-refractivity contribution in [3.8, 4) is 22.8 Å². The maximum absolute atomic E-state index is 5.77. The zero-order chi connectivity index (χ0) is 24.2. The second-order valence-electron chi connectivity index (χ2n) is 9.62. The molecule has 4 aromatic rings. The quantitative estimate of drug-likeness (QED) is 0.354. The molecule has 1 saturated heterocycles. The summed E-state index contributed by atoms with van der Waals surface area (Å²) in [5, 5.41) is 8.40. The standard InChI is InChI=1S/C29H33N5O2/c1-2-15-33(16-3-1)17-5-14-30-24-11-8-22(9-12-24)20-28-31-29-7-4-6-25(34(29)32-28)23-10-13-26-27(21-23)36-19-18-35-26/h4,6-13,21,30H,1-3,5,14-20H2. The number of nitrogens with one attached hydrogen (secondary N) is 1. The van der Waals surface area contributed by atoms with E-state index >= 15 is 0 Å². The number of ether oxygens (including phenoxy) is 2. The molecule has 0 atom stereocenters. The normalized spacial score (nSPS) is 15.8. The Morgan fingerprint density at radius 3 is 2.56 bits per heavy atom. The first-order valence-electron chi connectivity index (χ1n) is 13.1. The van der Waals surface area contributed by atoms with Gasteiger partial charge in [0.1, 0.15) is 13.2 Å². The molecule has 2 aromatic heterocycles. The smallest absolute Gasteiger partial charge is 0.162 e. The minimum atomic E-state index is 0.570. The molecule has 0 aliphatic carbocycles. The van der Waals surface area contributed by atoms with E-state index < -0.39 is 0 Å². The number of pyridine rings is 1. The zero-order valence-corrected chi connectivity index (χ0v) is 20.7. The Morgan fingerprint density at radius 1 is 0.861 bits per heavy atom. The molecule has 0 spiro atoms. The fourth-order valence-electron chi connectivity index (χ4n) is 5.09. The molecule has 1 fully saturated rings. The fourth-order valence-corrected chi connectivity index (χ4v) is 5.09. The van der Waals surface area contributed by atoms with E-state index in [0.717, 1.165) is 40.8 Å². The minimum absolute atomic E-state index is 0.570. The molecule has 2 aliphatic heterocycles. The maximum atomic E-state index is 5.77. The van der Waals surface area contributed by atoms with Crippen LogP contribution >= 0.6 is 0 Å². The third kappa shape index (κ3) is 5.16. The molecular formula is C29H33N5O2. The number of hydrogen-bond donors (Lipinski definition) is 1. The van der Waals surface area contributed by atoms with Gasteiger partial charge in [-0.05, 0) is 86.9 Å². The SMILES string of the molecule is c1cc(-c2ccc3c(c2)OCCO3)n2nc(Cc3ccc(NCCCN4CCCCC4)cc3)nc2c1. The molecule has 36 heavy (non-hydrogen) atoms. The van der Waals surface area contributed by atoms with Gasteiger partial charge in [0.2, 0.25) is 0 Å². The van der Waals surface area contributed by atoms with Gasteiger partial charge >= 0.3 is 0 Å². The van der Waals surface area contributed by atoms with Crippen molar-refractivity contribution in [3.05, 3.63) is 72.1 Å². The molecule has 2 aliphatic rings. The van der Waals surface area contributed by atoms with Crippen molar-refractivity contribution in [2.24, 2.45) is 0 Å². The maximum Gasteiger partial charge on any atom is 0.162 e. The lowest BCUT2D eigenvalue weighted by Gasteiger charge is -2.26. The Bertz CT molecular complexity index is 1310. The third-order valence-electron chi connectivity index (χ3n) is 6.99. The first-order chi connectivity index (χ1) is 17.8. The average Bonchev–Trinajstić information content (AvgIpc) is 3.35. The summed E-state index contributed by atoms with van der Waals surface area (Å²) >= 11 is 0. The van der Waals surface area contributed by atoms with Gasteiger partial charge in [-0.1, -0.05) is 24.6 Å². The molecule has 0 saturated carbocycles. The Balaban J connectivity index is 1.10. The predicted molar refractivity (Wildman–Crippen MR) is 142 cm³/mol. The number of piperidine rings is 1. The van der Waals surface area contributed by atoms with Gasteiger partial charge < -0.3 is 19.7 Å². The van der Waals surface area contributed by atoms with Crippen LogP contribution in [0, 0.1) is 0 Å². The molecule has 4 heterocycles. The molecule has 0 radical (unpaired) electrons. The van der Waals surface area contributed by atoms with Gasteiger partial charge in [-0.2, -0.15) is 5.10 Å². The second-order valence-corrected chi connectivity index (χ2v) is 9.62. The van der Waals surface area contributed by atoms with Crippen LogP contribution in [0.1, 0.15) is 37.1 Å². The topological polar surface area (TPSA) is 63.9 Å². The van der Waals surface area contributed by atoms with Crippen LogP contribution in [0.25, 0.3) is 16.9 Å². The number of likely N-dealkylation sites (tertiary alicyclic amines) is 1. The van der Waals surface area contributed by atoms with Crippen LogP contribution in [-0.4, -0.2) is 58.9 Å². The molecular weight excluding hydrogens is 450 g/mol. The zero-order valence-electron chi connectivity index (χ0n) is 20.7. The van der Waals surface area contributed by atoms with Crippen molar-refractivity contribution in [1.29, 1.82) is 0 Å². The Hall–Kier alpha value is -3.58. The van der Waals surface area contributed by atoms with Gasteiger partial charge in [-0.25, -0.2) is 9.50 Å². The van der Waals surface area contributed by atoms with Crippen LogP contribution in [0.15, 0.2) is 60.7 Å². The molecule has 7 nitrogen and oxygen atoms in total. The van der Waals surface area contributed by atoms with E-state index in [1.807, 2.05) is 34.8 Å². The lowest BCUT2D eigenvalue weighted by molar-refractivity contribution is 0.171. The van der Waals surface area contributed by atoms with Crippen LogP contribution < -0.4 is 14.8 Å². The lowest BCUT2D eigenvalue weighted by atomic mass is 10.1. The highest BCUT2D eigenvalue weighted by atomic mass is 16.6. The first kappa shape index (κ1) is 22.9. The fraction of sp³-hybridized carbons (Fsp3) is 0.379. The van der Waals surface area contributed by atoms with E-state index in [-0.39, 0.29) is 0 Å². The van der Waals surface area contributed by atoms with Crippen molar-refractivity contribution in [2.75, 3.05) is 44.7 Å². The summed E-state index contributed by atoms with van der Waals surface area (Å²) in [6.07, 6.45) is 5.98. The van der Waals surface area contributed by atoms with Gasteiger partial charge in [0.05, 0.1) is 5.69 Å². The molecule has 7 heteroatoms. The van der Waals surface area contributed by atoms with Gasteiger partial charge in [0, 0.05) is 24.2 Å². The summed E-state index contributed by atoms with van der Waals surface area (Å²) in [7, 11) is 0. The lowest BCUT2D eigenvalue weighted by Crippen LogP contribution is -2.31. The number of aromatic nitrogens is 3. The monoisotopic (exact) mass is 483 g/mol. The van der Waals surface area contributed by atoms with Crippen LogP contribution in [0.3, 0.4) is 0 Å². The summed E-state index contributed by atoms with van der Waals surface area (Å²) in [6, 6.07) is 20.7. The first-order valence-corrected chi connectivity index (χ1v) is 13.1. The van der Waals surface area contributed by atoms with E-state index in [9.17, 15) is 0 Å².